The lowest BCUT2D eigenvalue weighted by molar-refractivity contribution is -0.132. The molecular weight excluding hydrogens is 336 g/mol. The van der Waals surface area contributed by atoms with Crippen LogP contribution in [0.5, 0.6) is 0 Å². The topological polar surface area (TPSA) is 52.8 Å². The molecule has 1 aliphatic carbocycles. The lowest BCUT2D eigenvalue weighted by Gasteiger charge is -2.29. The number of nitrogens with zero attached hydrogens (tertiary/aromatic N) is 3. The molecule has 0 unspecified atom stereocenters. The quantitative estimate of drug-likeness (QED) is 0.873. The highest BCUT2D eigenvalue weighted by Crippen LogP contribution is 2.27. The smallest absolute Gasteiger partial charge is 0.224 e. The van der Waals surface area contributed by atoms with E-state index < -0.39 is 0 Å². The average molecular weight is 371 g/mol. The zero-order chi connectivity index (χ0) is 18.8. The lowest BCUT2D eigenvalue weighted by Crippen LogP contribution is -2.42. The number of fused-ring (bicyclic) bond motifs is 1. The first-order chi connectivity index (χ1) is 13.2. The van der Waals surface area contributed by atoms with E-state index in [1.54, 1.807) is 0 Å². The molecule has 27 heavy (non-hydrogen) atoms. The van der Waals surface area contributed by atoms with Gasteiger partial charge in [0.25, 0.3) is 0 Å². The van der Waals surface area contributed by atoms with Gasteiger partial charge in [0.05, 0.1) is 0 Å². The number of amides is 1. The van der Waals surface area contributed by atoms with Crippen molar-refractivity contribution in [3.63, 3.8) is 0 Å². The van der Waals surface area contributed by atoms with Crippen LogP contribution in [0.3, 0.4) is 0 Å². The predicted octanol–water partition coefficient (Wildman–Crippen LogP) is 1.50. The van der Waals surface area contributed by atoms with Crippen molar-refractivity contribution in [2.75, 3.05) is 39.8 Å². The first-order valence-electron chi connectivity index (χ1n) is 10.7. The molecule has 1 amide bonds. The van der Waals surface area contributed by atoms with Crippen molar-refractivity contribution in [1.29, 1.82) is 0 Å². The highest BCUT2D eigenvalue weighted by molar-refractivity contribution is 5.77. The van der Waals surface area contributed by atoms with Crippen LogP contribution in [0.25, 0.3) is 0 Å². The molecule has 0 saturated carbocycles. The maximum Gasteiger partial charge on any atom is 0.224 e. The van der Waals surface area contributed by atoms with Crippen LogP contribution in [0.2, 0.25) is 0 Å². The highest BCUT2D eigenvalue weighted by atomic mass is 16.2. The summed E-state index contributed by atoms with van der Waals surface area (Å²) in [6.07, 6.45) is 6.30. The van der Waals surface area contributed by atoms with Gasteiger partial charge in [-0.3, -0.25) is 14.6 Å². The van der Waals surface area contributed by atoms with Crippen molar-refractivity contribution >= 4 is 5.91 Å². The Morgan fingerprint density at radius 2 is 1.74 bits per heavy atom. The third-order valence-corrected chi connectivity index (χ3v) is 7.10. The Morgan fingerprint density at radius 3 is 2.41 bits per heavy atom. The Kier molecular flexibility index (Phi) is 5.81. The van der Waals surface area contributed by atoms with Crippen molar-refractivity contribution in [2.45, 2.75) is 56.7 Å². The molecule has 0 bridgehead atoms. The van der Waals surface area contributed by atoms with Gasteiger partial charge in [0.1, 0.15) is 0 Å². The van der Waals surface area contributed by atoms with Gasteiger partial charge in [-0.2, -0.15) is 0 Å². The van der Waals surface area contributed by atoms with Gasteiger partial charge < -0.3 is 10.6 Å². The number of likely N-dealkylation sites (tertiary alicyclic amines) is 1. The van der Waals surface area contributed by atoms with Crippen molar-refractivity contribution < 1.29 is 4.79 Å². The molecule has 1 aromatic carbocycles. The van der Waals surface area contributed by atoms with Crippen LogP contribution in [0.15, 0.2) is 24.3 Å². The van der Waals surface area contributed by atoms with E-state index in [4.69, 9.17) is 5.73 Å². The fourth-order valence-electron chi connectivity index (χ4n) is 5.30. The Balaban J connectivity index is 1.29. The second-order valence-electron chi connectivity index (χ2n) is 8.59. The van der Waals surface area contributed by atoms with E-state index in [1.807, 2.05) is 0 Å². The minimum atomic E-state index is 0.334. The van der Waals surface area contributed by atoms with E-state index in [0.717, 1.165) is 58.3 Å². The molecule has 2 N–H and O–H groups in total. The van der Waals surface area contributed by atoms with Crippen LogP contribution in [-0.2, 0) is 17.6 Å². The van der Waals surface area contributed by atoms with E-state index in [-0.39, 0.29) is 0 Å². The summed E-state index contributed by atoms with van der Waals surface area (Å²) in [5.41, 5.74) is 8.87. The van der Waals surface area contributed by atoms with Crippen LogP contribution in [0, 0.1) is 0 Å². The summed E-state index contributed by atoms with van der Waals surface area (Å²) in [7, 11) is 2.13. The van der Waals surface area contributed by atoms with Gasteiger partial charge in [0.15, 0.2) is 0 Å². The molecule has 4 rings (SSSR count). The molecule has 2 aliphatic heterocycles. The molecule has 0 radical (unpaired) electrons. The maximum atomic E-state index is 12.9. The van der Waals surface area contributed by atoms with Crippen molar-refractivity contribution in [1.82, 2.24) is 14.7 Å². The van der Waals surface area contributed by atoms with Gasteiger partial charge in [0.2, 0.25) is 5.91 Å². The first kappa shape index (κ1) is 18.9. The van der Waals surface area contributed by atoms with Gasteiger partial charge in [-0.05, 0) is 50.3 Å². The molecule has 1 aromatic rings. The molecule has 3 aliphatic rings. The highest BCUT2D eigenvalue weighted by Gasteiger charge is 2.33. The van der Waals surface area contributed by atoms with Crippen LogP contribution in [-0.4, -0.2) is 78.5 Å². The molecule has 0 aromatic heterocycles. The Labute approximate surface area is 163 Å². The second kappa shape index (κ2) is 8.29. The number of likely N-dealkylation sites (N-methyl/N-ethyl adjacent to an activating group) is 1. The van der Waals surface area contributed by atoms with E-state index >= 15 is 0 Å². The van der Waals surface area contributed by atoms with Crippen LogP contribution < -0.4 is 5.73 Å². The maximum absolute atomic E-state index is 12.9. The summed E-state index contributed by atoms with van der Waals surface area (Å²) in [6, 6.07) is 10.3. The minimum Gasteiger partial charge on any atom is -0.341 e. The molecule has 2 atom stereocenters. The molecule has 5 nitrogen and oxygen atoms in total. The summed E-state index contributed by atoms with van der Waals surface area (Å²) in [6.45, 7) is 4.61. The van der Waals surface area contributed by atoms with E-state index in [2.05, 4.69) is 46.0 Å². The Bertz CT molecular complexity index is 638. The monoisotopic (exact) mass is 370 g/mol. The van der Waals surface area contributed by atoms with E-state index in [0.29, 0.717) is 37.0 Å². The SMILES string of the molecule is CN1[C@@H](CN)CC[C@H]1CC(=O)N1CCCN(C2Cc3ccccc3C2)CC1. The zero-order valence-electron chi connectivity index (χ0n) is 16.6. The first-order valence-corrected chi connectivity index (χ1v) is 10.7. The third kappa shape index (κ3) is 4.05. The van der Waals surface area contributed by atoms with E-state index in [9.17, 15) is 4.79 Å². The number of rotatable bonds is 4. The van der Waals surface area contributed by atoms with Gasteiger partial charge in [-0.25, -0.2) is 0 Å². The van der Waals surface area contributed by atoms with Gasteiger partial charge >= 0.3 is 0 Å². The van der Waals surface area contributed by atoms with Crippen molar-refractivity contribution in [2.24, 2.45) is 5.73 Å². The largest absolute Gasteiger partial charge is 0.341 e. The predicted molar refractivity (Wildman–Crippen MR) is 109 cm³/mol. The molecule has 5 heteroatoms. The number of carbonyl (C=O) groups is 1. The molecule has 2 saturated heterocycles. The summed E-state index contributed by atoms with van der Waals surface area (Å²) in [5.74, 6) is 0.334. The summed E-state index contributed by atoms with van der Waals surface area (Å²) < 4.78 is 0. The van der Waals surface area contributed by atoms with Gasteiger partial charge in [-0.1, -0.05) is 24.3 Å². The van der Waals surface area contributed by atoms with Crippen LogP contribution in [0.1, 0.15) is 36.8 Å². The number of hydrogen-bond acceptors (Lipinski definition) is 4. The minimum absolute atomic E-state index is 0.334. The standard InChI is InChI=1S/C22H34N4O/c1-24-19(7-8-20(24)16-23)15-22(27)26-10-4-9-25(11-12-26)21-13-17-5-2-3-6-18(17)14-21/h2-3,5-6,19-21H,4,7-16,23H2,1H3/t19-,20+/m0/s1. The third-order valence-electron chi connectivity index (χ3n) is 7.10. The fraction of sp³-hybridized carbons (Fsp3) is 0.682. The van der Waals surface area contributed by atoms with Gasteiger partial charge in [0, 0.05) is 57.3 Å². The van der Waals surface area contributed by atoms with Crippen molar-refractivity contribution in [3.05, 3.63) is 35.4 Å². The van der Waals surface area contributed by atoms with Gasteiger partial charge in [-0.15, -0.1) is 0 Å². The van der Waals surface area contributed by atoms with Crippen molar-refractivity contribution in [3.8, 4) is 0 Å². The Morgan fingerprint density at radius 1 is 1.04 bits per heavy atom. The average Bonchev–Trinajstić information content (AvgIpc) is 3.16. The number of nitrogens with two attached hydrogens (primary N) is 1. The lowest BCUT2D eigenvalue weighted by atomic mass is 10.1. The molecule has 2 heterocycles. The molecule has 2 fully saturated rings. The molecular formula is C22H34N4O. The van der Waals surface area contributed by atoms with E-state index in [1.165, 1.54) is 11.1 Å². The molecule has 148 valence electrons. The normalized spacial score (nSPS) is 27.7. The zero-order valence-corrected chi connectivity index (χ0v) is 16.6. The number of hydrogen-bond donors (Lipinski definition) is 1. The summed E-state index contributed by atoms with van der Waals surface area (Å²) >= 11 is 0. The summed E-state index contributed by atoms with van der Waals surface area (Å²) in [4.78, 5) is 20.0. The summed E-state index contributed by atoms with van der Waals surface area (Å²) in [5, 5.41) is 0. The van der Waals surface area contributed by atoms with Crippen LogP contribution in [0.4, 0.5) is 0 Å². The number of benzene rings is 1. The Hall–Kier alpha value is -1.43. The molecule has 0 spiro atoms. The fourth-order valence-corrected chi connectivity index (χ4v) is 5.30. The second-order valence-corrected chi connectivity index (χ2v) is 8.59. The number of carbonyl (C=O) groups excluding carboxylic acids is 1. The van der Waals surface area contributed by atoms with Crippen LogP contribution >= 0.6 is 0 Å².